The Hall–Kier alpha value is -1.41. The Morgan fingerprint density at radius 2 is 1.92 bits per heavy atom. The van der Waals surface area contributed by atoms with Crippen molar-refractivity contribution >= 4 is 27.7 Å². The van der Waals surface area contributed by atoms with Crippen molar-refractivity contribution in [3.63, 3.8) is 0 Å². The zero-order valence-corrected chi connectivity index (χ0v) is 15.9. The van der Waals surface area contributed by atoms with Crippen LogP contribution in [0.15, 0.2) is 64.2 Å². The van der Waals surface area contributed by atoms with E-state index in [0.717, 1.165) is 34.2 Å². The van der Waals surface area contributed by atoms with E-state index in [0.29, 0.717) is 0 Å². The fraction of sp³-hybridized carbons (Fsp3) is 0.188. The van der Waals surface area contributed by atoms with Gasteiger partial charge in [0.1, 0.15) is 0 Å². The minimum absolute atomic E-state index is 0. The lowest BCUT2D eigenvalue weighted by Gasteiger charge is -2.06. The molecule has 0 atom stereocenters. The maximum atomic E-state index is 4.09. The van der Waals surface area contributed by atoms with Crippen molar-refractivity contribution in [3.05, 3.63) is 64.6 Å². The minimum Gasteiger partial charge on any atom is -1.00 e. The van der Waals surface area contributed by atoms with Crippen LogP contribution >= 0.6 is 27.7 Å². The second-order valence-electron chi connectivity index (χ2n) is 4.86. The molecule has 0 radical (unpaired) electrons. The number of rotatable bonds is 7. The molecule has 1 aromatic heterocycles. The summed E-state index contributed by atoms with van der Waals surface area (Å²) in [5, 5.41) is 16.2. The fourth-order valence-electron chi connectivity index (χ4n) is 2.09. The van der Waals surface area contributed by atoms with E-state index in [9.17, 15) is 0 Å². The van der Waals surface area contributed by atoms with Crippen molar-refractivity contribution in [1.82, 2.24) is 25.5 Å². The van der Waals surface area contributed by atoms with Crippen LogP contribution in [0.3, 0.4) is 0 Å². The predicted octanol–water partition coefficient (Wildman–Crippen LogP) is 0.311. The van der Waals surface area contributed by atoms with Crippen LogP contribution < -0.4 is 17.7 Å². The van der Waals surface area contributed by atoms with Crippen LogP contribution in [0.5, 0.6) is 0 Å². The number of benzene rings is 2. The van der Waals surface area contributed by atoms with Gasteiger partial charge in [-0.15, -0.1) is 5.10 Å². The molecule has 24 heavy (non-hydrogen) atoms. The van der Waals surface area contributed by atoms with E-state index in [4.69, 9.17) is 0 Å². The summed E-state index contributed by atoms with van der Waals surface area (Å²) in [6.45, 7) is 1.74. The lowest BCUT2D eigenvalue weighted by molar-refractivity contribution is -0.00000463. The molecule has 0 fully saturated rings. The number of para-hydroxylation sites is 1. The smallest absolute Gasteiger partial charge is 0.214 e. The minimum atomic E-state index is 0. The second-order valence-corrected chi connectivity index (χ2v) is 6.84. The van der Waals surface area contributed by atoms with E-state index >= 15 is 0 Å². The molecule has 0 aliphatic rings. The van der Waals surface area contributed by atoms with Gasteiger partial charge >= 0.3 is 0 Å². The van der Waals surface area contributed by atoms with E-state index in [-0.39, 0.29) is 12.4 Å². The average Bonchev–Trinajstić information content (AvgIpc) is 3.04. The third-order valence-electron chi connectivity index (χ3n) is 3.17. The number of hydrogen-bond donors (Lipinski definition) is 1. The highest BCUT2D eigenvalue weighted by molar-refractivity contribution is 9.10. The van der Waals surface area contributed by atoms with Gasteiger partial charge in [-0.2, -0.15) is 4.68 Å². The molecule has 3 rings (SSSR count). The summed E-state index contributed by atoms with van der Waals surface area (Å²) in [4.78, 5) is 0. The lowest BCUT2D eigenvalue weighted by Crippen LogP contribution is -3.00. The molecule has 0 aliphatic carbocycles. The highest BCUT2D eigenvalue weighted by atomic mass is 79.9. The molecule has 0 saturated carbocycles. The molecule has 0 amide bonds. The number of tetrazole rings is 1. The third-order valence-corrected chi connectivity index (χ3v) is 4.58. The van der Waals surface area contributed by atoms with Crippen molar-refractivity contribution in [1.29, 1.82) is 0 Å². The molecule has 8 heteroatoms. The molecular formula is C16H16BrClN5S-. The first-order valence-electron chi connectivity index (χ1n) is 7.25. The molecule has 1 N–H and O–H groups in total. The fourth-order valence-corrected chi connectivity index (χ4v) is 3.33. The van der Waals surface area contributed by atoms with Crippen LogP contribution in [0.25, 0.3) is 5.69 Å². The maximum Gasteiger partial charge on any atom is 0.214 e. The Bertz CT molecular complexity index is 753. The summed E-state index contributed by atoms with van der Waals surface area (Å²) in [5.74, 6) is 0.904. The van der Waals surface area contributed by atoms with Crippen molar-refractivity contribution in [2.75, 3.05) is 12.3 Å². The normalized spacial score (nSPS) is 10.4. The molecule has 126 valence electrons. The molecular weight excluding hydrogens is 410 g/mol. The monoisotopic (exact) mass is 424 g/mol. The number of nitrogens with zero attached hydrogens (tertiary/aromatic N) is 4. The van der Waals surface area contributed by atoms with Crippen molar-refractivity contribution in [2.24, 2.45) is 0 Å². The number of halogens is 2. The average molecular weight is 426 g/mol. The Kier molecular flexibility index (Phi) is 7.71. The van der Waals surface area contributed by atoms with Crippen LogP contribution in [0.4, 0.5) is 0 Å². The van der Waals surface area contributed by atoms with Gasteiger partial charge < -0.3 is 17.7 Å². The molecule has 0 unspecified atom stereocenters. The molecule has 1 heterocycles. The van der Waals surface area contributed by atoms with Gasteiger partial charge in [0.15, 0.2) is 0 Å². The molecule has 5 nitrogen and oxygen atoms in total. The largest absolute Gasteiger partial charge is 1.00 e. The van der Waals surface area contributed by atoms with E-state index in [1.165, 1.54) is 5.56 Å². The van der Waals surface area contributed by atoms with Crippen LogP contribution in [0.2, 0.25) is 0 Å². The number of thioether (sulfide) groups is 1. The lowest BCUT2D eigenvalue weighted by atomic mass is 10.2. The Morgan fingerprint density at radius 1 is 1.08 bits per heavy atom. The molecule has 0 spiro atoms. The Morgan fingerprint density at radius 3 is 2.71 bits per heavy atom. The Balaban J connectivity index is 0.00000208. The van der Waals surface area contributed by atoms with Gasteiger partial charge in [0.25, 0.3) is 0 Å². The molecule has 2 aromatic carbocycles. The first kappa shape index (κ1) is 18.9. The molecule has 3 aromatic rings. The van der Waals surface area contributed by atoms with Gasteiger partial charge in [0.2, 0.25) is 5.16 Å². The molecule has 0 bridgehead atoms. The first-order valence-corrected chi connectivity index (χ1v) is 9.02. The second kappa shape index (κ2) is 9.78. The van der Waals surface area contributed by atoms with Crippen LogP contribution in [-0.2, 0) is 6.54 Å². The van der Waals surface area contributed by atoms with Crippen LogP contribution in [-0.4, -0.2) is 32.5 Å². The first-order chi connectivity index (χ1) is 11.3. The summed E-state index contributed by atoms with van der Waals surface area (Å²) >= 11 is 5.13. The molecule has 0 aliphatic heterocycles. The van der Waals surface area contributed by atoms with Gasteiger partial charge in [-0.25, -0.2) is 0 Å². The van der Waals surface area contributed by atoms with Crippen molar-refractivity contribution in [3.8, 4) is 5.69 Å². The van der Waals surface area contributed by atoms with Crippen LogP contribution in [0.1, 0.15) is 5.56 Å². The summed E-state index contributed by atoms with van der Waals surface area (Å²) in [7, 11) is 0. The van der Waals surface area contributed by atoms with Gasteiger partial charge in [-0.1, -0.05) is 58.0 Å². The van der Waals surface area contributed by atoms with Crippen molar-refractivity contribution in [2.45, 2.75) is 11.7 Å². The third kappa shape index (κ3) is 5.31. The highest BCUT2D eigenvalue weighted by Crippen LogP contribution is 2.17. The highest BCUT2D eigenvalue weighted by Gasteiger charge is 2.07. The topological polar surface area (TPSA) is 55.6 Å². The summed E-state index contributed by atoms with van der Waals surface area (Å²) < 4.78 is 2.87. The van der Waals surface area contributed by atoms with E-state index in [1.54, 1.807) is 16.4 Å². The number of aromatic nitrogens is 4. The van der Waals surface area contributed by atoms with Gasteiger partial charge in [0, 0.05) is 23.3 Å². The van der Waals surface area contributed by atoms with Crippen LogP contribution in [0, 0.1) is 0 Å². The summed E-state index contributed by atoms with van der Waals surface area (Å²) in [5.41, 5.74) is 2.24. The number of hydrogen-bond acceptors (Lipinski definition) is 5. The SMILES string of the molecule is Brc1cccc(CNCCSc2nnnn2-c2ccccc2)c1.[Cl-]. The number of nitrogens with one attached hydrogen (secondary N) is 1. The zero-order valence-electron chi connectivity index (χ0n) is 12.8. The van der Waals surface area contributed by atoms with E-state index in [2.05, 4.69) is 48.9 Å². The summed E-state index contributed by atoms with van der Waals surface area (Å²) in [6.07, 6.45) is 0. The van der Waals surface area contributed by atoms with Gasteiger partial charge in [-0.05, 0) is 40.3 Å². The van der Waals surface area contributed by atoms with Crippen molar-refractivity contribution < 1.29 is 12.4 Å². The summed E-state index contributed by atoms with van der Waals surface area (Å²) in [6, 6.07) is 18.2. The van der Waals surface area contributed by atoms with E-state index in [1.807, 2.05) is 42.5 Å². The standard InChI is InChI=1S/C16H16BrN5S.ClH/c17-14-6-4-5-13(11-14)12-18-9-10-23-16-19-20-21-22(16)15-7-2-1-3-8-15;/h1-8,11,18H,9-10,12H2;1H/p-1. The van der Waals surface area contributed by atoms with Gasteiger partial charge in [0.05, 0.1) is 5.69 Å². The molecule has 0 saturated heterocycles. The van der Waals surface area contributed by atoms with E-state index < -0.39 is 0 Å². The Labute approximate surface area is 159 Å². The predicted molar refractivity (Wildman–Crippen MR) is 95.7 cm³/mol. The maximum absolute atomic E-state index is 4.09. The zero-order chi connectivity index (χ0) is 15.9. The van der Waals surface area contributed by atoms with Gasteiger partial charge in [-0.3, -0.25) is 0 Å². The quantitative estimate of drug-likeness (QED) is 0.436.